The smallest absolute Gasteiger partial charge is 0.319 e. The first-order chi connectivity index (χ1) is 9.75. The summed E-state index contributed by atoms with van der Waals surface area (Å²) in [5, 5.41) is 14.7. The lowest BCUT2D eigenvalue weighted by molar-refractivity contribution is 0.222. The Morgan fingerprint density at radius 1 is 1.38 bits per heavy atom. The van der Waals surface area contributed by atoms with Crippen LogP contribution in [0.25, 0.3) is 0 Å². The lowest BCUT2D eigenvalue weighted by Crippen LogP contribution is -2.39. The molecule has 0 bridgehead atoms. The van der Waals surface area contributed by atoms with E-state index in [0.29, 0.717) is 6.42 Å². The molecule has 1 atom stereocenters. The SMILES string of the molecule is CCC(CO)NC(=O)Nc1ccc(SC(C)(C)C)cc1C. The second-order valence-corrected chi connectivity index (χ2v) is 7.98. The second-order valence-electron chi connectivity index (χ2n) is 6.08. The maximum atomic E-state index is 11.9. The number of hydrogen-bond donors (Lipinski definition) is 3. The van der Waals surface area contributed by atoms with Gasteiger partial charge in [-0.15, -0.1) is 11.8 Å². The maximum absolute atomic E-state index is 11.9. The van der Waals surface area contributed by atoms with Gasteiger partial charge in [-0.05, 0) is 37.1 Å². The van der Waals surface area contributed by atoms with E-state index >= 15 is 0 Å². The van der Waals surface area contributed by atoms with Gasteiger partial charge >= 0.3 is 6.03 Å². The summed E-state index contributed by atoms with van der Waals surface area (Å²) in [7, 11) is 0. The molecule has 118 valence electrons. The average Bonchev–Trinajstić information content (AvgIpc) is 2.37. The Morgan fingerprint density at radius 2 is 2.05 bits per heavy atom. The van der Waals surface area contributed by atoms with Crippen LogP contribution in [0.2, 0.25) is 0 Å². The van der Waals surface area contributed by atoms with Gasteiger partial charge in [0.05, 0.1) is 12.6 Å². The zero-order valence-corrected chi connectivity index (χ0v) is 14.3. The van der Waals surface area contributed by atoms with Gasteiger partial charge in [-0.25, -0.2) is 4.79 Å². The highest BCUT2D eigenvalue weighted by atomic mass is 32.2. The molecule has 2 amide bonds. The van der Waals surface area contributed by atoms with Crippen molar-refractivity contribution in [2.75, 3.05) is 11.9 Å². The Morgan fingerprint density at radius 3 is 2.52 bits per heavy atom. The van der Waals surface area contributed by atoms with E-state index in [4.69, 9.17) is 5.11 Å². The van der Waals surface area contributed by atoms with Crippen LogP contribution in [0.5, 0.6) is 0 Å². The van der Waals surface area contributed by atoms with Gasteiger partial charge in [0.15, 0.2) is 0 Å². The van der Waals surface area contributed by atoms with Crippen LogP contribution in [-0.2, 0) is 0 Å². The summed E-state index contributed by atoms with van der Waals surface area (Å²) in [5.41, 5.74) is 1.81. The quantitative estimate of drug-likeness (QED) is 0.725. The predicted molar refractivity (Wildman–Crippen MR) is 90.1 cm³/mol. The molecule has 3 N–H and O–H groups in total. The molecule has 1 rings (SSSR count). The number of nitrogens with one attached hydrogen (secondary N) is 2. The van der Waals surface area contributed by atoms with Gasteiger partial charge in [-0.3, -0.25) is 0 Å². The number of aliphatic hydroxyl groups is 1. The van der Waals surface area contributed by atoms with Crippen LogP contribution in [0, 0.1) is 6.92 Å². The third-order valence-electron chi connectivity index (χ3n) is 2.92. The van der Waals surface area contributed by atoms with Crippen molar-refractivity contribution >= 4 is 23.5 Å². The van der Waals surface area contributed by atoms with Crippen molar-refractivity contribution in [2.45, 2.75) is 56.7 Å². The first-order valence-corrected chi connectivity index (χ1v) is 8.05. The van der Waals surface area contributed by atoms with Crippen molar-refractivity contribution in [1.29, 1.82) is 0 Å². The highest BCUT2D eigenvalue weighted by Crippen LogP contribution is 2.33. The number of carbonyl (C=O) groups is 1. The molecule has 0 aliphatic heterocycles. The molecule has 1 aromatic rings. The molecule has 0 saturated heterocycles. The fourth-order valence-electron chi connectivity index (χ4n) is 1.81. The second kappa shape index (κ2) is 7.71. The standard InChI is InChI=1S/C16H26N2O2S/c1-6-12(10-19)17-15(20)18-14-8-7-13(9-11(14)2)21-16(3,4)5/h7-9,12,19H,6,10H2,1-5H3,(H2,17,18,20). The van der Waals surface area contributed by atoms with Crippen LogP contribution < -0.4 is 10.6 Å². The van der Waals surface area contributed by atoms with Gasteiger partial charge in [0.25, 0.3) is 0 Å². The minimum atomic E-state index is -0.282. The number of anilines is 1. The molecule has 0 aliphatic rings. The van der Waals surface area contributed by atoms with Crippen molar-refractivity contribution in [1.82, 2.24) is 5.32 Å². The fourth-order valence-corrected chi connectivity index (χ4v) is 2.89. The molecule has 1 aromatic carbocycles. The molecule has 0 saturated carbocycles. The van der Waals surface area contributed by atoms with Gasteiger partial charge in [-0.2, -0.15) is 0 Å². The zero-order chi connectivity index (χ0) is 16.0. The molecule has 1 unspecified atom stereocenters. The predicted octanol–water partition coefficient (Wildman–Crippen LogP) is 3.78. The monoisotopic (exact) mass is 310 g/mol. The summed E-state index contributed by atoms with van der Waals surface area (Å²) in [4.78, 5) is 13.1. The first kappa shape index (κ1) is 17.9. The van der Waals surface area contributed by atoms with Crippen molar-refractivity contribution in [3.63, 3.8) is 0 Å². The number of benzene rings is 1. The van der Waals surface area contributed by atoms with Gasteiger partial charge in [0.2, 0.25) is 0 Å². The average molecular weight is 310 g/mol. The van der Waals surface area contributed by atoms with Crippen LogP contribution in [0.3, 0.4) is 0 Å². The lowest BCUT2D eigenvalue weighted by atomic mass is 10.2. The Labute approximate surface area is 131 Å². The third-order valence-corrected chi connectivity index (χ3v) is 4.02. The number of aliphatic hydroxyl groups excluding tert-OH is 1. The van der Waals surface area contributed by atoms with Gasteiger partial charge in [0.1, 0.15) is 0 Å². The third kappa shape index (κ3) is 6.40. The molecule has 0 radical (unpaired) electrons. The van der Waals surface area contributed by atoms with Gasteiger partial charge in [0, 0.05) is 15.3 Å². The number of urea groups is 1. The van der Waals surface area contributed by atoms with Crippen LogP contribution in [0.15, 0.2) is 23.1 Å². The Hall–Kier alpha value is -1.20. The number of aryl methyl sites for hydroxylation is 1. The molecule has 0 aliphatic carbocycles. The maximum Gasteiger partial charge on any atom is 0.319 e. The topological polar surface area (TPSA) is 61.4 Å². The van der Waals surface area contributed by atoms with E-state index in [1.807, 2.05) is 26.0 Å². The lowest BCUT2D eigenvalue weighted by Gasteiger charge is -2.19. The Balaban J connectivity index is 2.70. The minimum Gasteiger partial charge on any atom is -0.394 e. The van der Waals surface area contributed by atoms with Crippen LogP contribution in [-0.4, -0.2) is 28.5 Å². The van der Waals surface area contributed by atoms with Gasteiger partial charge in [-0.1, -0.05) is 27.7 Å². The Kier molecular flexibility index (Phi) is 6.55. The summed E-state index contributed by atoms with van der Waals surface area (Å²) in [6.45, 7) is 10.4. The van der Waals surface area contributed by atoms with Crippen LogP contribution in [0.4, 0.5) is 10.5 Å². The molecule has 21 heavy (non-hydrogen) atoms. The van der Waals surface area contributed by atoms with E-state index in [-0.39, 0.29) is 23.4 Å². The molecule has 0 heterocycles. The van der Waals surface area contributed by atoms with E-state index in [0.717, 1.165) is 11.3 Å². The molecule has 0 fully saturated rings. The van der Waals surface area contributed by atoms with Gasteiger partial charge < -0.3 is 15.7 Å². The molecule has 5 heteroatoms. The molecule has 4 nitrogen and oxygen atoms in total. The highest BCUT2D eigenvalue weighted by Gasteiger charge is 2.14. The van der Waals surface area contributed by atoms with E-state index in [2.05, 4.69) is 37.5 Å². The summed E-state index contributed by atoms with van der Waals surface area (Å²) in [5.74, 6) is 0. The van der Waals surface area contributed by atoms with E-state index in [1.54, 1.807) is 11.8 Å². The summed E-state index contributed by atoms with van der Waals surface area (Å²) in [6, 6.07) is 5.52. The molecule has 0 aromatic heterocycles. The minimum absolute atomic E-state index is 0.0515. The largest absolute Gasteiger partial charge is 0.394 e. The Bertz CT molecular complexity index is 480. The number of thioether (sulfide) groups is 1. The summed E-state index contributed by atoms with van der Waals surface area (Å²) in [6.07, 6.45) is 0.698. The number of rotatable bonds is 5. The first-order valence-electron chi connectivity index (χ1n) is 7.23. The van der Waals surface area contributed by atoms with E-state index in [9.17, 15) is 4.79 Å². The number of carbonyl (C=O) groups excluding carboxylic acids is 1. The van der Waals surface area contributed by atoms with E-state index < -0.39 is 0 Å². The van der Waals surface area contributed by atoms with Crippen LogP contribution >= 0.6 is 11.8 Å². The van der Waals surface area contributed by atoms with Crippen molar-refractivity contribution in [2.24, 2.45) is 0 Å². The normalized spacial score (nSPS) is 12.9. The van der Waals surface area contributed by atoms with Crippen molar-refractivity contribution in [3.05, 3.63) is 23.8 Å². The fraction of sp³-hybridized carbons (Fsp3) is 0.562. The summed E-state index contributed by atoms with van der Waals surface area (Å²) >= 11 is 1.80. The van der Waals surface area contributed by atoms with Crippen molar-refractivity contribution < 1.29 is 9.90 Å². The molecular weight excluding hydrogens is 284 g/mol. The molecular formula is C16H26N2O2S. The van der Waals surface area contributed by atoms with E-state index in [1.165, 1.54) is 4.90 Å². The van der Waals surface area contributed by atoms with Crippen molar-refractivity contribution in [3.8, 4) is 0 Å². The van der Waals surface area contributed by atoms with Crippen LogP contribution in [0.1, 0.15) is 39.7 Å². The number of hydrogen-bond acceptors (Lipinski definition) is 3. The summed E-state index contributed by atoms with van der Waals surface area (Å²) < 4.78 is 0.161. The number of amides is 2. The highest BCUT2D eigenvalue weighted by molar-refractivity contribution is 8.00. The molecule has 0 spiro atoms. The zero-order valence-electron chi connectivity index (χ0n) is 13.5.